The Morgan fingerprint density at radius 2 is 1.11 bits per heavy atom. The van der Waals surface area contributed by atoms with Gasteiger partial charge >= 0.3 is 0 Å². The molecule has 0 amide bonds. The van der Waals surface area contributed by atoms with Crippen LogP contribution in [0.1, 0.15) is 48.8 Å². The van der Waals surface area contributed by atoms with Crippen molar-refractivity contribution in [3.63, 3.8) is 0 Å². The first kappa shape index (κ1) is 18.4. The molecule has 1 saturated carbocycles. The molecule has 1 aliphatic rings. The molecular formula is C25H26O3. The molecule has 3 heteroatoms. The van der Waals surface area contributed by atoms with Crippen molar-refractivity contribution < 1.29 is 15.3 Å². The lowest BCUT2D eigenvalue weighted by atomic mass is 9.55. The highest BCUT2D eigenvalue weighted by Crippen LogP contribution is 2.54. The van der Waals surface area contributed by atoms with Gasteiger partial charge in [-0.05, 0) is 77.8 Å². The first-order chi connectivity index (χ1) is 13.5. The van der Waals surface area contributed by atoms with Crippen LogP contribution < -0.4 is 0 Å². The summed E-state index contributed by atoms with van der Waals surface area (Å²) in [6.45, 7) is 2.30. The van der Waals surface area contributed by atoms with E-state index in [1.54, 1.807) is 36.4 Å². The minimum Gasteiger partial charge on any atom is -0.508 e. The normalized spacial score (nSPS) is 21.3. The van der Waals surface area contributed by atoms with E-state index in [2.05, 4.69) is 6.92 Å². The largest absolute Gasteiger partial charge is 0.508 e. The van der Waals surface area contributed by atoms with Gasteiger partial charge in [0, 0.05) is 5.41 Å². The van der Waals surface area contributed by atoms with Gasteiger partial charge in [0.1, 0.15) is 17.2 Å². The average molecular weight is 374 g/mol. The minimum absolute atomic E-state index is 0.206. The maximum atomic E-state index is 9.81. The summed E-state index contributed by atoms with van der Waals surface area (Å²) < 4.78 is 0. The predicted molar refractivity (Wildman–Crippen MR) is 111 cm³/mol. The summed E-state index contributed by atoms with van der Waals surface area (Å²) in [6, 6.07) is 22.7. The third-order valence-corrected chi connectivity index (χ3v) is 6.55. The van der Waals surface area contributed by atoms with E-state index in [0.29, 0.717) is 11.8 Å². The molecule has 4 rings (SSSR count). The molecule has 0 saturated heterocycles. The fraction of sp³-hybridized carbons (Fsp3) is 0.280. The van der Waals surface area contributed by atoms with Crippen molar-refractivity contribution in [2.45, 2.75) is 37.5 Å². The molecule has 144 valence electrons. The van der Waals surface area contributed by atoms with Crippen LogP contribution in [0.2, 0.25) is 0 Å². The Morgan fingerprint density at radius 1 is 0.679 bits per heavy atom. The Morgan fingerprint density at radius 3 is 1.57 bits per heavy atom. The van der Waals surface area contributed by atoms with E-state index in [9.17, 15) is 15.3 Å². The van der Waals surface area contributed by atoms with E-state index < -0.39 is 0 Å². The highest BCUT2D eigenvalue weighted by molar-refractivity contribution is 5.46. The highest BCUT2D eigenvalue weighted by atomic mass is 16.3. The van der Waals surface area contributed by atoms with Crippen LogP contribution in [-0.4, -0.2) is 15.3 Å². The number of hydrogen-bond donors (Lipinski definition) is 3. The second-order valence-electron chi connectivity index (χ2n) is 7.94. The smallest absolute Gasteiger partial charge is 0.115 e. The molecule has 3 nitrogen and oxygen atoms in total. The summed E-state index contributed by atoms with van der Waals surface area (Å²) in [5.41, 5.74) is 3.41. The Hall–Kier alpha value is -2.94. The maximum absolute atomic E-state index is 9.81. The molecule has 0 radical (unpaired) electrons. The summed E-state index contributed by atoms with van der Waals surface area (Å²) in [6.07, 6.45) is 3.19. The Balaban J connectivity index is 1.85. The summed E-state index contributed by atoms with van der Waals surface area (Å²) in [7, 11) is 0. The van der Waals surface area contributed by atoms with Crippen LogP contribution in [0.15, 0.2) is 72.8 Å². The first-order valence-electron chi connectivity index (χ1n) is 9.88. The fourth-order valence-corrected chi connectivity index (χ4v) is 5.10. The number of aromatic hydroxyl groups is 3. The Labute approximate surface area is 165 Å². The van der Waals surface area contributed by atoms with E-state index in [4.69, 9.17) is 0 Å². The van der Waals surface area contributed by atoms with Crippen molar-refractivity contribution in [1.82, 2.24) is 0 Å². The number of phenolic OH excluding ortho intramolecular Hbond substituents is 3. The SMILES string of the molecule is CC1C(c2ccc(O)cc2)CCCC1(c1ccc(O)cc1)c1ccc(O)cc1. The molecule has 2 atom stereocenters. The highest BCUT2D eigenvalue weighted by Gasteiger charge is 2.45. The van der Waals surface area contributed by atoms with E-state index in [-0.39, 0.29) is 22.7 Å². The van der Waals surface area contributed by atoms with E-state index in [1.807, 2.05) is 36.4 Å². The molecule has 3 aromatic carbocycles. The van der Waals surface area contributed by atoms with Crippen LogP contribution in [0.4, 0.5) is 0 Å². The van der Waals surface area contributed by atoms with Gasteiger partial charge < -0.3 is 15.3 Å². The third kappa shape index (κ3) is 3.11. The van der Waals surface area contributed by atoms with Gasteiger partial charge in [0.25, 0.3) is 0 Å². The molecule has 1 aliphatic carbocycles. The van der Waals surface area contributed by atoms with Crippen molar-refractivity contribution in [3.8, 4) is 17.2 Å². The van der Waals surface area contributed by atoms with Crippen LogP contribution in [0.5, 0.6) is 17.2 Å². The van der Waals surface area contributed by atoms with Gasteiger partial charge in [-0.2, -0.15) is 0 Å². The number of hydrogen-bond acceptors (Lipinski definition) is 3. The minimum atomic E-state index is -0.206. The van der Waals surface area contributed by atoms with Crippen LogP contribution in [0.3, 0.4) is 0 Å². The third-order valence-electron chi connectivity index (χ3n) is 6.55. The van der Waals surface area contributed by atoms with Crippen molar-refractivity contribution in [2.24, 2.45) is 5.92 Å². The molecule has 28 heavy (non-hydrogen) atoms. The van der Waals surface area contributed by atoms with Crippen LogP contribution in [0, 0.1) is 5.92 Å². The molecule has 2 unspecified atom stereocenters. The van der Waals surface area contributed by atoms with Crippen LogP contribution >= 0.6 is 0 Å². The topological polar surface area (TPSA) is 60.7 Å². The molecule has 0 aromatic heterocycles. The Bertz CT molecular complexity index is 882. The van der Waals surface area contributed by atoms with Gasteiger partial charge in [0.15, 0.2) is 0 Å². The lowest BCUT2D eigenvalue weighted by Gasteiger charge is -2.48. The summed E-state index contributed by atoms with van der Waals surface area (Å²) in [4.78, 5) is 0. The van der Waals surface area contributed by atoms with Gasteiger partial charge in [-0.3, -0.25) is 0 Å². The zero-order valence-electron chi connectivity index (χ0n) is 16.0. The van der Waals surface area contributed by atoms with Gasteiger partial charge in [-0.1, -0.05) is 49.7 Å². The average Bonchev–Trinajstić information content (AvgIpc) is 2.71. The summed E-state index contributed by atoms with van der Waals surface area (Å²) in [5.74, 6) is 1.48. The van der Waals surface area contributed by atoms with E-state index >= 15 is 0 Å². The molecule has 1 fully saturated rings. The summed E-state index contributed by atoms with van der Waals surface area (Å²) >= 11 is 0. The molecule has 0 aliphatic heterocycles. The van der Waals surface area contributed by atoms with Gasteiger partial charge in [0.2, 0.25) is 0 Å². The fourth-order valence-electron chi connectivity index (χ4n) is 5.10. The molecule has 0 spiro atoms. The van der Waals surface area contributed by atoms with E-state index in [1.165, 1.54) is 16.7 Å². The molecule has 3 N–H and O–H groups in total. The lowest BCUT2D eigenvalue weighted by Crippen LogP contribution is -2.41. The number of rotatable bonds is 3. The van der Waals surface area contributed by atoms with Gasteiger partial charge in [0.05, 0.1) is 0 Å². The van der Waals surface area contributed by atoms with Crippen molar-refractivity contribution in [3.05, 3.63) is 89.5 Å². The molecule has 0 bridgehead atoms. The second kappa shape index (κ2) is 7.23. The standard InChI is InChI=1S/C25H26O3/c1-17-24(18-4-10-21(26)11-5-18)3-2-16-25(17,19-6-12-22(27)13-7-19)20-8-14-23(28)15-9-20/h4-15,17,24,26-28H,2-3,16H2,1H3. The second-order valence-corrected chi connectivity index (χ2v) is 7.94. The van der Waals surface area contributed by atoms with Crippen LogP contribution in [0.25, 0.3) is 0 Å². The Kier molecular flexibility index (Phi) is 4.76. The van der Waals surface area contributed by atoms with Crippen molar-refractivity contribution in [2.75, 3.05) is 0 Å². The molecule has 0 heterocycles. The van der Waals surface area contributed by atoms with Gasteiger partial charge in [-0.25, -0.2) is 0 Å². The van der Waals surface area contributed by atoms with E-state index in [0.717, 1.165) is 19.3 Å². The number of benzene rings is 3. The zero-order valence-corrected chi connectivity index (χ0v) is 16.0. The molecular weight excluding hydrogens is 348 g/mol. The quantitative estimate of drug-likeness (QED) is 0.552. The summed E-state index contributed by atoms with van der Waals surface area (Å²) in [5, 5.41) is 29.3. The predicted octanol–water partition coefficient (Wildman–Crippen LogP) is 5.69. The maximum Gasteiger partial charge on any atom is 0.115 e. The number of phenols is 3. The monoisotopic (exact) mass is 374 g/mol. The van der Waals surface area contributed by atoms with Crippen LogP contribution in [-0.2, 0) is 5.41 Å². The lowest BCUT2D eigenvalue weighted by molar-refractivity contribution is 0.209. The molecule has 3 aromatic rings. The van der Waals surface area contributed by atoms with Gasteiger partial charge in [-0.15, -0.1) is 0 Å². The zero-order chi connectivity index (χ0) is 19.7. The first-order valence-corrected chi connectivity index (χ1v) is 9.88. The van der Waals surface area contributed by atoms with Crippen molar-refractivity contribution in [1.29, 1.82) is 0 Å². The van der Waals surface area contributed by atoms with Crippen molar-refractivity contribution >= 4 is 0 Å².